The highest BCUT2D eigenvalue weighted by Gasteiger charge is 2.18. The fourth-order valence-corrected chi connectivity index (χ4v) is 2.54. The number of nitrogens with zero attached hydrogens (tertiary/aromatic N) is 3. The van der Waals surface area contributed by atoms with Gasteiger partial charge < -0.3 is 15.2 Å². The second-order valence-electron chi connectivity index (χ2n) is 6.55. The van der Waals surface area contributed by atoms with Crippen LogP contribution >= 0.6 is 0 Å². The van der Waals surface area contributed by atoms with Crippen molar-refractivity contribution >= 4 is 5.69 Å². The second-order valence-corrected chi connectivity index (χ2v) is 6.55. The van der Waals surface area contributed by atoms with Gasteiger partial charge in [0.15, 0.2) is 5.82 Å². The Hall–Kier alpha value is -2.93. The third kappa shape index (κ3) is 4.62. The summed E-state index contributed by atoms with van der Waals surface area (Å²) in [5, 5.41) is 16.9. The van der Waals surface area contributed by atoms with E-state index in [1.807, 2.05) is 38.1 Å². The van der Waals surface area contributed by atoms with Crippen molar-refractivity contribution in [3.63, 3.8) is 0 Å². The van der Waals surface area contributed by atoms with E-state index in [-0.39, 0.29) is 17.9 Å². The summed E-state index contributed by atoms with van der Waals surface area (Å²) < 4.78 is 21.5. The molecule has 2 N–H and O–H groups in total. The molecule has 1 atom stereocenters. The van der Waals surface area contributed by atoms with Gasteiger partial charge in [-0.05, 0) is 57.2 Å². The first kappa shape index (κ1) is 18.8. The van der Waals surface area contributed by atoms with Crippen LogP contribution in [0.3, 0.4) is 0 Å². The van der Waals surface area contributed by atoms with E-state index in [9.17, 15) is 9.50 Å². The van der Waals surface area contributed by atoms with Crippen LogP contribution in [0.5, 0.6) is 6.01 Å². The van der Waals surface area contributed by atoms with Crippen molar-refractivity contribution in [2.24, 2.45) is 0 Å². The number of benzene rings is 2. The molecule has 7 heteroatoms. The van der Waals surface area contributed by atoms with E-state index in [4.69, 9.17) is 4.74 Å². The second kappa shape index (κ2) is 8.18. The number of ether oxygens (including phenoxy) is 1. The number of nitrogens with one attached hydrogen (secondary N) is 1. The van der Waals surface area contributed by atoms with E-state index in [0.717, 1.165) is 11.4 Å². The minimum atomic E-state index is -0.441. The molecule has 1 heterocycles. The monoisotopic (exact) mass is 370 g/mol. The van der Waals surface area contributed by atoms with Gasteiger partial charge in [0.05, 0.1) is 23.5 Å². The van der Waals surface area contributed by atoms with Gasteiger partial charge in [0.25, 0.3) is 0 Å². The van der Waals surface area contributed by atoms with Gasteiger partial charge in [-0.15, -0.1) is 5.10 Å². The molecule has 2 aromatic carbocycles. The van der Waals surface area contributed by atoms with E-state index >= 15 is 0 Å². The third-order valence-electron chi connectivity index (χ3n) is 3.76. The Labute approximate surface area is 157 Å². The largest absolute Gasteiger partial charge is 0.460 e. The average Bonchev–Trinajstić information content (AvgIpc) is 3.03. The topological polar surface area (TPSA) is 72.2 Å². The van der Waals surface area contributed by atoms with Crippen LogP contribution in [0.25, 0.3) is 17.1 Å². The molecule has 142 valence electrons. The van der Waals surface area contributed by atoms with Gasteiger partial charge in [0.2, 0.25) is 0 Å². The maximum atomic E-state index is 14.3. The molecule has 0 saturated carbocycles. The van der Waals surface area contributed by atoms with Gasteiger partial charge in [-0.2, -0.15) is 4.98 Å². The van der Waals surface area contributed by atoms with Gasteiger partial charge in [-0.25, -0.2) is 9.07 Å². The molecule has 0 spiro atoms. The molecule has 1 aromatic heterocycles. The Bertz CT molecular complexity index is 891. The number of rotatable bonds is 7. The Kier molecular flexibility index (Phi) is 5.71. The average molecular weight is 370 g/mol. The number of hydrogen-bond donors (Lipinski definition) is 2. The number of aliphatic hydroxyl groups excluding tert-OH is 1. The summed E-state index contributed by atoms with van der Waals surface area (Å²) in [6.45, 7) is 5.93. The lowest BCUT2D eigenvalue weighted by molar-refractivity contribution is 0.208. The molecule has 0 saturated heterocycles. The molecule has 0 radical (unpaired) electrons. The molecule has 6 nitrogen and oxygen atoms in total. The highest BCUT2D eigenvalue weighted by molar-refractivity contribution is 5.60. The minimum absolute atomic E-state index is 0.0960. The van der Waals surface area contributed by atoms with Gasteiger partial charge in [0.1, 0.15) is 5.82 Å². The molecule has 1 unspecified atom stereocenters. The number of hydrogen-bond acceptors (Lipinski definition) is 5. The van der Waals surface area contributed by atoms with Crippen LogP contribution in [0.1, 0.15) is 20.8 Å². The van der Waals surface area contributed by atoms with Crippen LogP contribution in [-0.2, 0) is 0 Å². The van der Waals surface area contributed by atoms with Crippen molar-refractivity contribution < 1.29 is 14.2 Å². The number of aliphatic hydroxyl groups is 1. The summed E-state index contributed by atoms with van der Waals surface area (Å²) in [6.07, 6.45) is -0.537. The summed E-state index contributed by atoms with van der Waals surface area (Å²) >= 11 is 0. The van der Waals surface area contributed by atoms with Crippen molar-refractivity contribution in [2.75, 3.05) is 11.9 Å². The number of aromatic nitrogens is 3. The molecule has 0 amide bonds. The number of halogens is 1. The van der Waals surface area contributed by atoms with Crippen molar-refractivity contribution in [3.8, 4) is 23.1 Å². The standard InChI is InChI=1S/C20H23FN4O2/c1-13(2)27-20-23-19(17-6-4-5-7-18(17)21)25(24-20)16-10-8-15(9-11-16)22-12-14(3)26/h4-11,13-14,22,26H,12H2,1-3H3. The fraction of sp³-hybridized carbons (Fsp3) is 0.300. The van der Waals surface area contributed by atoms with E-state index in [2.05, 4.69) is 15.4 Å². The molecule has 3 aromatic rings. The molecule has 0 aliphatic heterocycles. The lowest BCUT2D eigenvalue weighted by atomic mass is 10.2. The first-order valence-electron chi connectivity index (χ1n) is 8.85. The molecule has 27 heavy (non-hydrogen) atoms. The molecule has 3 rings (SSSR count). The summed E-state index contributed by atoms with van der Waals surface area (Å²) in [5.41, 5.74) is 1.94. The molecular weight excluding hydrogens is 347 g/mol. The zero-order chi connectivity index (χ0) is 19.4. The van der Waals surface area contributed by atoms with Gasteiger partial charge in [-0.1, -0.05) is 12.1 Å². The lowest BCUT2D eigenvalue weighted by Crippen LogP contribution is -2.15. The number of anilines is 1. The van der Waals surface area contributed by atoms with E-state index in [0.29, 0.717) is 17.9 Å². The van der Waals surface area contributed by atoms with Gasteiger partial charge >= 0.3 is 6.01 Å². The summed E-state index contributed by atoms with van der Waals surface area (Å²) in [6, 6.07) is 14.1. The van der Waals surface area contributed by atoms with Gasteiger partial charge in [0, 0.05) is 12.2 Å². The van der Waals surface area contributed by atoms with Gasteiger partial charge in [-0.3, -0.25) is 0 Å². The van der Waals surface area contributed by atoms with Crippen LogP contribution in [0, 0.1) is 5.82 Å². The van der Waals surface area contributed by atoms with Crippen LogP contribution in [-0.4, -0.2) is 38.6 Å². The molecule has 0 bridgehead atoms. The summed E-state index contributed by atoms with van der Waals surface area (Å²) in [5.74, 6) is -0.00842. The van der Waals surface area contributed by atoms with Crippen LogP contribution < -0.4 is 10.1 Å². The van der Waals surface area contributed by atoms with Crippen molar-refractivity contribution in [1.82, 2.24) is 14.8 Å². The Morgan fingerprint density at radius 1 is 1.11 bits per heavy atom. The highest BCUT2D eigenvalue weighted by Crippen LogP contribution is 2.26. The van der Waals surface area contributed by atoms with Crippen LogP contribution in [0.2, 0.25) is 0 Å². The highest BCUT2D eigenvalue weighted by atomic mass is 19.1. The van der Waals surface area contributed by atoms with Crippen molar-refractivity contribution in [2.45, 2.75) is 33.0 Å². The van der Waals surface area contributed by atoms with E-state index < -0.39 is 6.10 Å². The van der Waals surface area contributed by atoms with Crippen LogP contribution in [0.15, 0.2) is 48.5 Å². The Morgan fingerprint density at radius 2 is 1.81 bits per heavy atom. The first-order valence-corrected chi connectivity index (χ1v) is 8.85. The quantitative estimate of drug-likeness (QED) is 0.664. The third-order valence-corrected chi connectivity index (χ3v) is 3.76. The summed E-state index contributed by atoms with van der Waals surface area (Å²) in [4.78, 5) is 4.38. The van der Waals surface area contributed by atoms with E-state index in [1.54, 1.807) is 29.8 Å². The van der Waals surface area contributed by atoms with Crippen molar-refractivity contribution in [3.05, 3.63) is 54.3 Å². The maximum Gasteiger partial charge on any atom is 0.336 e. The normalized spacial score (nSPS) is 12.2. The van der Waals surface area contributed by atoms with E-state index in [1.165, 1.54) is 6.07 Å². The molecular formula is C20H23FN4O2. The zero-order valence-electron chi connectivity index (χ0n) is 15.6. The predicted molar refractivity (Wildman–Crippen MR) is 103 cm³/mol. The Balaban J connectivity index is 1.98. The molecule has 0 aliphatic carbocycles. The lowest BCUT2D eigenvalue weighted by Gasteiger charge is -2.10. The summed E-state index contributed by atoms with van der Waals surface area (Å²) in [7, 11) is 0. The first-order chi connectivity index (χ1) is 12.9. The smallest absolute Gasteiger partial charge is 0.336 e. The Morgan fingerprint density at radius 3 is 2.44 bits per heavy atom. The minimum Gasteiger partial charge on any atom is -0.460 e. The van der Waals surface area contributed by atoms with Crippen LogP contribution in [0.4, 0.5) is 10.1 Å². The zero-order valence-corrected chi connectivity index (χ0v) is 15.6. The SMILES string of the molecule is CC(O)CNc1ccc(-n2nc(OC(C)C)nc2-c2ccccc2F)cc1. The maximum absolute atomic E-state index is 14.3. The van der Waals surface area contributed by atoms with Crippen molar-refractivity contribution in [1.29, 1.82) is 0 Å². The predicted octanol–water partition coefficient (Wildman–Crippen LogP) is 3.65. The fourth-order valence-electron chi connectivity index (χ4n) is 2.54. The molecule has 0 aliphatic rings. The molecule has 0 fully saturated rings.